The first kappa shape index (κ1) is 68.6. The molecule has 0 amide bonds. The molecule has 0 aromatic carbocycles. The molecular weight excluding hydrogens is 889 g/mol. The number of hydrogen-bond acceptors (Lipinski definition) is 6. The molecule has 0 aliphatic carbocycles. The molecule has 0 aliphatic rings. The number of hydrogen-bond donors (Lipinski definition) is 0. The summed E-state index contributed by atoms with van der Waals surface area (Å²) in [5.41, 5.74) is 0. The van der Waals surface area contributed by atoms with Crippen molar-refractivity contribution in [3.63, 3.8) is 0 Å². The number of ether oxygens (including phenoxy) is 3. The lowest BCUT2D eigenvalue weighted by Crippen LogP contribution is -2.30. The van der Waals surface area contributed by atoms with Crippen molar-refractivity contribution >= 4 is 17.9 Å². The zero-order valence-corrected chi connectivity index (χ0v) is 47.4. The molecule has 0 saturated carbocycles. The largest absolute Gasteiger partial charge is 0.462 e. The van der Waals surface area contributed by atoms with Crippen molar-refractivity contribution in [2.24, 2.45) is 0 Å². The van der Waals surface area contributed by atoms with Crippen LogP contribution in [0.4, 0.5) is 0 Å². The van der Waals surface area contributed by atoms with Crippen LogP contribution in [0.2, 0.25) is 0 Å². The highest BCUT2D eigenvalue weighted by Gasteiger charge is 2.19. The summed E-state index contributed by atoms with van der Waals surface area (Å²) in [6, 6.07) is 0. The Hall–Kier alpha value is -3.41. The lowest BCUT2D eigenvalue weighted by molar-refractivity contribution is -0.167. The molecule has 0 spiro atoms. The minimum Gasteiger partial charge on any atom is -0.462 e. The maximum Gasteiger partial charge on any atom is 0.306 e. The van der Waals surface area contributed by atoms with Gasteiger partial charge in [-0.3, -0.25) is 14.4 Å². The lowest BCUT2D eigenvalue weighted by Gasteiger charge is -2.18. The van der Waals surface area contributed by atoms with Crippen LogP contribution in [0.5, 0.6) is 0 Å². The van der Waals surface area contributed by atoms with Gasteiger partial charge in [0.15, 0.2) is 6.10 Å². The molecule has 6 heteroatoms. The number of carbonyl (C=O) groups excluding carboxylic acids is 3. The summed E-state index contributed by atoms with van der Waals surface area (Å²) in [4.78, 5) is 38.2. The fourth-order valence-electron chi connectivity index (χ4n) is 8.50. The summed E-state index contributed by atoms with van der Waals surface area (Å²) in [5.74, 6) is -0.900. The van der Waals surface area contributed by atoms with E-state index in [0.29, 0.717) is 19.3 Å². The molecule has 0 aromatic heterocycles. The van der Waals surface area contributed by atoms with Gasteiger partial charge in [-0.05, 0) is 109 Å². The van der Waals surface area contributed by atoms with E-state index in [9.17, 15) is 14.4 Å². The van der Waals surface area contributed by atoms with Gasteiger partial charge in [-0.25, -0.2) is 0 Å². The van der Waals surface area contributed by atoms with E-state index in [1.54, 1.807) is 0 Å². The quantitative estimate of drug-likeness (QED) is 0.0261. The molecule has 72 heavy (non-hydrogen) atoms. The Bertz CT molecular complexity index is 1380. The van der Waals surface area contributed by atoms with E-state index in [2.05, 4.69) is 106 Å². The third kappa shape index (κ3) is 57.5. The lowest BCUT2D eigenvalue weighted by atomic mass is 10.0. The van der Waals surface area contributed by atoms with E-state index in [4.69, 9.17) is 14.2 Å². The molecule has 0 saturated heterocycles. The number of rotatable bonds is 55. The number of unbranched alkanes of at least 4 members (excludes halogenated alkanes) is 30. The summed E-state index contributed by atoms with van der Waals surface area (Å²) < 4.78 is 16.9. The van der Waals surface area contributed by atoms with E-state index in [-0.39, 0.29) is 31.1 Å². The molecule has 0 bridgehead atoms. The maximum absolute atomic E-state index is 12.9. The van der Waals surface area contributed by atoms with E-state index >= 15 is 0 Å². The van der Waals surface area contributed by atoms with Crippen molar-refractivity contribution in [2.75, 3.05) is 13.2 Å². The Morgan fingerprint density at radius 3 is 0.903 bits per heavy atom. The smallest absolute Gasteiger partial charge is 0.306 e. The van der Waals surface area contributed by atoms with E-state index in [1.165, 1.54) is 141 Å². The molecule has 0 aliphatic heterocycles. The normalized spacial score (nSPS) is 12.7. The molecule has 0 fully saturated rings. The first-order valence-electron chi connectivity index (χ1n) is 30.6. The number of esters is 3. The summed E-state index contributed by atoms with van der Waals surface area (Å²) in [5, 5.41) is 0. The molecule has 1 atom stereocenters. The van der Waals surface area contributed by atoms with Crippen molar-refractivity contribution in [2.45, 2.75) is 303 Å². The van der Waals surface area contributed by atoms with Crippen LogP contribution in [0, 0.1) is 0 Å². The van der Waals surface area contributed by atoms with Crippen LogP contribution < -0.4 is 0 Å². The van der Waals surface area contributed by atoms with Gasteiger partial charge in [0.25, 0.3) is 0 Å². The topological polar surface area (TPSA) is 78.9 Å². The van der Waals surface area contributed by atoms with Gasteiger partial charge in [0.05, 0.1) is 0 Å². The van der Waals surface area contributed by atoms with Crippen LogP contribution in [0.15, 0.2) is 85.1 Å². The first-order chi connectivity index (χ1) is 35.5. The van der Waals surface area contributed by atoms with Crippen molar-refractivity contribution in [3.05, 3.63) is 85.1 Å². The summed E-state index contributed by atoms with van der Waals surface area (Å²) in [6.45, 7) is 6.48. The zero-order chi connectivity index (χ0) is 52.2. The molecule has 0 rings (SSSR count). The second-order valence-corrected chi connectivity index (χ2v) is 20.2. The van der Waals surface area contributed by atoms with Crippen molar-refractivity contribution in [1.82, 2.24) is 0 Å². The van der Waals surface area contributed by atoms with Crippen molar-refractivity contribution in [1.29, 1.82) is 0 Å². The minimum atomic E-state index is -0.787. The van der Waals surface area contributed by atoms with Gasteiger partial charge < -0.3 is 14.2 Å². The fourth-order valence-corrected chi connectivity index (χ4v) is 8.50. The van der Waals surface area contributed by atoms with Gasteiger partial charge >= 0.3 is 17.9 Å². The highest BCUT2D eigenvalue weighted by molar-refractivity contribution is 5.71. The molecule has 1 unspecified atom stereocenters. The Kier molecular flexibility index (Phi) is 57.3. The summed E-state index contributed by atoms with van der Waals surface area (Å²) in [6.07, 6.45) is 78.7. The molecule has 414 valence electrons. The molecular formula is C66H114O6. The fraction of sp³-hybridized carbons (Fsp3) is 0.742. The molecule has 0 aromatic rings. The predicted octanol–water partition coefficient (Wildman–Crippen LogP) is 20.7. The monoisotopic (exact) mass is 1000 g/mol. The second kappa shape index (κ2) is 60.1. The second-order valence-electron chi connectivity index (χ2n) is 20.2. The minimum absolute atomic E-state index is 0.0842. The third-order valence-electron chi connectivity index (χ3n) is 13.1. The zero-order valence-electron chi connectivity index (χ0n) is 47.4. The van der Waals surface area contributed by atoms with Crippen LogP contribution in [-0.4, -0.2) is 37.2 Å². The van der Waals surface area contributed by atoms with Crippen LogP contribution in [0.1, 0.15) is 297 Å². The third-order valence-corrected chi connectivity index (χ3v) is 13.1. The maximum atomic E-state index is 12.9. The van der Waals surface area contributed by atoms with Gasteiger partial charge in [-0.1, -0.05) is 254 Å². The number of allylic oxidation sites excluding steroid dienone is 14. The highest BCUT2D eigenvalue weighted by atomic mass is 16.6. The molecule has 0 heterocycles. The van der Waals surface area contributed by atoms with Crippen LogP contribution >= 0.6 is 0 Å². The standard InChI is InChI=1S/C66H114O6/c1-4-7-10-13-16-19-22-25-28-29-30-31-32-33-34-35-36-37-39-41-44-47-50-53-56-59-65(68)71-62-63(61-70-64(67)58-55-52-49-46-43-40-27-24-21-18-15-12-9-6-3)72-66(69)60-57-54-51-48-45-42-38-26-23-20-17-14-11-8-5-2/h7,10,15-16,18-19,24-28,30-31,38,63H,4-6,8-9,11-14,17,20-23,29,32-37,39-62H2,1-3H3/b10-7-,18-15-,19-16-,27-24-,28-25-,31-30-,38-26-. The molecule has 6 nitrogen and oxygen atoms in total. The molecule has 0 radical (unpaired) electrons. The Morgan fingerprint density at radius 2 is 0.556 bits per heavy atom. The average molecular weight is 1000 g/mol. The van der Waals surface area contributed by atoms with Gasteiger partial charge in [-0.2, -0.15) is 0 Å². The Labute approximate surface area is 445 Å². The SMILES string of the molecule is CC/C=C\C/C=C\C/C=C\C/C=C\CCCCCCCCCCCCCCC(=O)OCC(COC(=O)CCCCCCC/C=C\C/C=C\CCCC)OC(=O)CCCCCCC/C=C\CCCCCCCC. The predicted molar refractivity (Wildman–Crippen MR) is 311 cm³/mol. The van der Waals surface area contributed by atoms with E-state index in [0.717, 1.165) is 116 Å². The van der Waals surface area contributed by atoms with Gasteiger partial charge in [0.1, 0.15) is 13.2 Å². The average Bonchev–Trinajstić information content (AvgIpc) is 3.38. The molecule has 0 N–H and O–H groups in total. The Morgan fingerprint density at radius 1 is 0.292 bits per heavy atom. The van der Waals surface area contributed by atoms with Crippen molar-refractivity contribution < 1.29 is 28.6 Å². The summed E-state index contributed by atoms with van der Waals surface area (Å²) >= 11 is 0. The van der Waals surface area contributed by atoms with Gasteiger partial charge in [-0.15, -0.1) is 0 Å². The van der Waals surface area contributed by atoms with Crippen LogP contribution in [0.25, 0.3) is 0 Å². The van der Waals surface area contributed by atoms with Crippen molar-refractivity contribution in [3.8, 4) is 0 Å². The first-order valence-corrected chi connectivity index (χ1v) is 30.6. The van der Waals surface area contributed by atoms with Gasteiger partial charge in [0.2, 0.25) is 0 Å². The van der Waals surface area contributed by atoms with Crippen LogP contribution in [0.3, 0.4) is 0 Å². The number of carbonyl (C=O) groups is 3. The van der Waals surface area contributed by atoms with E-state index < -0.39 is 6.10 Å². The van der Waals surface area contributed by atoms with Crippen LogP contribution in [-0.2, 0) is 28.6 Å². The van der Waals surface area contributed by atoms with E-state index in [1.807, 2.05) is 0 Å². The summed E-state index contributed by atoms with van der Waals surface area (Å²) in [7, 11) is 0. The highest BCUT2D eigenvalue weighted by Crippen LogP contribution is 2.16. The van der Waals surface area contributed by atoms with Gasteiger partial charge in [0, 0.05) is 19.3 Å². The Balaban J connectivity index is 4.31.